The van der Waals surface area contributed by atoms with Crippen LogP contribution in [-0.4, -0.2) is 24.0 Å². The predicted octanol–water partition coefficient (Wildman–Crippen LogP) is 0.303. The van der Waals surface area contributed by atoms with Crippen molar-refractivity contribution in [3.05, 3.63) is 0 Å². The first-order valence-corrected chi connectivity index (χ1v) is 5.31. The molecule has 1 fully saturated rings. The molecule has 0 bridgehead atoms. The summed E-state index contributed by atoms with van der Waals surface area (Å²) < 4.78 is 4.94. The highest BCUT2D eigenvalue weighted by Crippen LogP contribution is 2.26. The van der Waals surface area contributed by atoms with Crippen molar-refractivity contribution >= 4 is 17.9 Å². The number of hydrogen-bond donors (Lipinski definition) is 2. The fourth-order valence-electron chi connectivity index (χ4n) is 1.71. The van der Waals surface area contributed by atoms with E-state index in [1.54, 1.807) is 0 Å². The smallest absolute Gasteiger partial charge is 0.318 e. The maximum absolute atomic E-state index is 11.5. The minimum atomic E-state index is -0.986. The molecule has 90 valence electrons. The molecule has 1 saturated carbocycles. The van der Waals surface area contributed by atoms with E-state index < -0.39 is 18.0 Å². The third-order valence-electron chi connectivity index (χ3n) is 2.60. The maximum Gasteiger partial charge on any atom is 0.318 e. The summed E-state index contributed by atoms with van der Waals surface area (Å²) in [6.45, 7) is 1.41. The number of primary amides is 1. The Balaban J connectivity index is 2.37. The molecule has 16 heavy (non-hydrogen) atoms. The first-order valence-electron chi connectivity index (χ1n) is 5.31. The van der Waals surface area contributed by atoms with E-state index in [9.17, 15) is 14.4 Å². The van der Waals surface area contributed by atoms with Crippen LogP contribution in [0.15, 0.2) is 0 Å². The molecule has 0 aromatic heterocycles. The molecule has 0 aliphatic heterocycles. The number of rotatable bonds is 3. The number of esters is 1. The lowest BCUT2D eigenvalue weighted by Gasteiger charge is -2.14. The third-order valence-corrected chi connectivity index (χ3v) is 2.60. The predicted molar refractivity (Wildman–Crippen MR) is 55.2 cm³/mol. The van der Waals surface area contributed by atoms with Gasteiger partial charge in [-0.1, -0.05) is 12.8 Å². The van der Waals surface area contributed by atoms with Crippen LogP contribution in [0, 0.1) is 5.92 Å². The quantitative estimate of drug-likeness (QED) is 0.679. The van der Waals surface area contributed by atoms with Crippen LogP contribution >= 0.6 is 0 Å². The number of carbonyl (C=O) groups is 3. The summed E-state index contributed by atoms with van der Waals surface area (Å²) in [5.41, 5.74) is 4.77. The molecule has 1 aliphatic rings. The summed E-state index contributed by atoms with van der Waals surface area (Å²) in [6.07, 6.45) is 2.66. The molecule has 0 spiro atoms. The molecule has 0 aromatic rings. The minimum Gasteiger partial charge on any atom is -0.452 e. The Morgan fingerprint density at radius 3 is 2.38 bits per heavy atom. The summed E-state index contributed by atoms with van der Waals surface area (Å²) in [4.78, 5) is 33.1. The van der Waals surface area contributed by atoms with Crippen LogP contribution in [0.5, 0.6) is 0 Å². The SMILES string of the molecule is C[C@@H](OC(=O)C1CCCC1)C(=O)NC(N)=O. The number of nitrogens with two attached hydrogens (primary N) is 1. The second-order valence-electron chi connectivity index (χ2n) is 3.91. The first kappa shape index (κ1) is 12.5. The third kappa shape index (κ3) is 3.52. The molecule has 3 amide bonds. The molecule has 0 radical (unpaired) electrons. The molecule has 0 aromatic carbocycles. The second kappa shape index (κ2) is 5.48. The van der Waals surface area contributed by atoms with Gasteiger partial charge in [0.2, 0.25) is 0 Å². The number of hydrogen-bond acceptors (Lipinski definition) is 4. The maximum atomic E-state index is 11.5. The van der Waals surface area contributed by atoms with Gasteiger partial charge in [-0.05, 0) is 19.8 Å². The van der Waals surface area contributed by atoms with E-state index in [0.717, 1.165) is 25.7 Å². The van der Waals surface area contributed by atoms with E-state index in [0.29, 0.717) is 0 Å². The van der Waals surface area contributed by atoms with Gasteiger partial charge in [0.25, 0.3) is 5.91 Å². The van der Waals surface area contributed by atoms with Crippen molar-refractivity contribution < 1.29 is 19.1 Å². The number of imide groups is 1. The minimum absolute atomic E-state index is 0.108. The van der Waals surface area contributed by atoms with E-state index in [-0.39, 0.29) is 11.9 Å². The standard InChI is InChI=1S/C10H16N2O4/c1-6(8(13)12-10(11)15)16-9(14)7-4-2-3-5-7/h6-7H,2-5H2,1H3,(H3,11,12,13,15)/t6-/m1/s1. The molecule has 1 rings (SSSR count). The van der Waals surface area contributed by atoms with Crippen LogP contribution in [-0.2, 0) is 14.3 Å². The van der Waals surface area contributed by atoms with Gasteiger partial charge in [-0.2, -0.15) is 0 Å². The molecule has 3 N–H and O–H groups in total. The van der Waals surface area contributed by atoms with Gasteiger partial charge in [0, 0.05) is 0 Å². The van der Waals surface area contributed by atoms with Crippen molar-refractivity contribution in [2.24, 2.45) is 11.7 Å². The molecule has 6 heteroatoms. The average molecular weight is 228 g/mol. The fourth-order valence-corrected chi connectivity index (χ4v) is 1.71. The molecule has 0 heterocycles. The summed E-state index contributed by atoms with van der Waals surface area (Å²) in [5, 5.41) is 1.86. The van der Waals surface area contributed by atoms with Crippen molar-refractivity contribution in [2.45, 2.75) is 38.7 Å². The summed E-state index contributed by atoms with van der Waals surface area (Å²) >= 11 is 0. The van der Waals surface area contributed by atoms with Crippen molar-refractivity contribution in [2.75, 3.05) is 0 Å². The van der Waals surface area contributed by atoms with E-state index in [1.165, 1.54) is 6.92 Å². The Bertz CT molecular complexity index is 297. The zero-order valence-electron chi connectivity index (χ0n) is 9.19. The van der Waals surface area contributed by atoms with Gasteiger partial charge in [-0.15, -0.1) is 0 Å². The van der Waals surface area contributed by atoms with Gasteiger partial charge in [0.1, 0.15) is 0 Å². The van der Waals surface area contributed by atoms with E-state index >= 15 is 0 Å². The molecular weight excluding hydrogens is 212 g/mol. The van der Waals surface area contributed by atoms with Crippen LogP contribution in [0.25, 0.3) is 0 Å². The first-order chi connectivity index (χ1) is 7.50. The Labute approximate surface area is 93.5 Å². The van der Waals surface area contributed by atoms with Crippen LogP contribution in [0.4, 0.5) is 4.79 Å². The average Bonchev–Trinajstić information content (AvgIpc) is 2.68. The number of ether oxygens (including phenoxy) is 1. The van der Waals surface area contributed by atoms with Gasteiger partial charge in [-0.3, -0.25) is 14.9 Å². The van der Waals surface area contributed by atoms with E-state index in [2.05, 4.69) is 0 Å². The van der Waals surface area contributed by atoms with Crippen molar-refractivity contribution in [1.29, 1.82) is 0 Å². The molecule has 1 aliphatic carbocycles. The Hall–Kier alpha value is -1.59. The molecule has 0 saturated heterocycles. The zero-order chi connectivity index (χ0) is 12.1. The number of carbonyl (C=O) groups excluding carboxylic acids is 3. The molecule has 6 nitrogen and oxygen atoms in total. The number of urea groups is 1. The summed E-state index contributed by atoms with van der Waals surface area (Å²) in [7, 11) is 0. The Morgan fingerprint density at radius 1 is 1.31 bits per heavy atom. The van der Waals surface area contributed by atoms with Crippen molar-refractivity contribution in [1.82, 2.24) is 5.32 Å². The highest BCUT2D eigenvalue weighted by atomic mass is 16.5. The number of amides is 3. The van der Waals surface area contributed by atoms with Crippen molar-refractivity contribution in [3.63, 3.8) is 0 Å². The van der Waals surface area contributed by atoms with E-state index in [1.807, 2.05) is 5.32 Å². The highest BCUT2D eigenvalue weighted by molar-refractivity contribution is 5.96. The zero-order valence-corrected chi connectivity index (χ0v) is 9.19. The Kier molecular flexibility index (Phi) is 4.28. The van der Waals surface area contributed by atoms with E-state index in [4.69, 9.17) is 10.5 Å². The van der Waals surface area contributed by atoms with Gasteiger partial charge in [0.15, 0.2) is 6.10 Å². The summed E-state index contributed by atoms with van der Waals surface area (Å²) in [6, 6.07) is -0.950. The highest BCUT2D eigenvalue weighted by Gasteiger charge is 2.27. The molecule has 1 atom stereocenters. The fraction of sp³-hybridized carbons (Fsp3) is 0.700. The van der Waals surface area contributed by atoms with Crippen LogP contribution < -0.4 is 11.1 Å². The van der Waals surface area contributed by atoms with Gasteiger partial charge in [0.05, 0.1) is 5.92 Å². The normalized spacial score (nSPS) is 17.8. The topological polar surface area (TPSA) is 98.5 Å². The largest absolute Gasteiger partial charge is 0.452 e. The van der Waals surface area contributed by atoms with Gasteiger partial charge >= 0.3 is 12.0 Å². The number of nitrogens with one attached hydrogen (secondary N) is 1. The molecular formula is C10H16N2O4. The Morgan fingerprint density at radius 2 is 1.88 bits per heavy atom. The summed E-state index contributed by atoms with van der Waals surface area (Å²) in [5.74, 6) is -1.17. The second-order valence-corrected chi connectivity index (χ2v) is 3.91. The lowest BCUT2D eigenvalue weighted by Crippen LogP contribution is -2.42. The van der Waals surface area contributed by atoms with Crippen LogP contribution in [0.1, 0.15) is 32.6 Å². The van der Waals surface area contributed by atoms with Gasteiger partial charge in [-0.25, -0.2) is 4.79 Å². The lowest BCUT2D eigenvalue weighted by atomic mass is 10.1. The lowest BCUT2D eigenvalue weighted by molar-refractivity contribution is -0.158. The van der Waals surface area contributed by atoms with Crippen LogP contribution in [0.2, 0.25) is 0 Å². The molecule has 0 unspecified atom stereocenters. The van der Waals surface area contributed by atoms with Gasteiger partial charge < -0.3 is 10.5 Å². The van der Waals surface area contributed by atoms with Crippen molar-refractivity contribution in [3.8, 4) is 0 Å². The monoisotopic (exact) mass is 228 g/mol. The van der Waals surface area contributed by atoms with Crippen LogP contribution in [0.3, 0.4) is 0 Å².